The third kappa shape index (κ3) is 4.03. The Hall–Kier alpha value is -2.44. The molecular weight excluding hydrogens is 360 g/mol. The van der Waals surface area contributed by atoms with Crippen LogP contribution in [0.2, 0.25) is 0 Å². The number of rotatable bonds is 6. The zero-order chi connectivity index (χ0) is 19.5. The van der Waals surface area contributed by atoms with Crippen LogP contribution < -0.4 is 14.2 Å². The van der Waals surface area contributed by atoms with Gasteiger partial charge in [0.05, 0.1) is 0 Å². The molecule has 4 rings (SSSR count). The van der Waals surface area contributed by atoms with E-state index < -0.39 is 6.10 Å². The highest BCUT2D eigenvalue weighted by atomic mass is 16.7. The Bertz CT molecular complexity index is 738. The standard InChI is InChI=1S/C21H28N2O5/c1-15(28-17-7-8-18-19(13-17)27-14-26-18)21(25)23-11-3-2-5-16(23)9-12-22-10-4-6-20(22)24/h7-8,13,15-16H,2-6,9-12,14H2,1H3. The van der Waals surface area contributed by atoms with E-state index in [2.05, 4.69) is 0 Å². The minimum absolute atomic E-state index is 0.00937. The van der Waals surface area contributed by atoms with Crippen LogP contribution in [0, 0.1) is 0 Å². The zero-order valence-electron chi connectivity index (χ0n) is 16.4. The SMILES string of the molecule is CC(Oc1ccc2c(c1)OCO2)C(=O)N1CCCCC1CCN1CCCC1=O. The highest BCUT2D eigenvalue weighted by molar-refractivity contribution is 5.81. The van der Waals surface area contributed by atoms with Gasteiger partial charge in [0.25, 0.3) is 5.91 Å². The van der Waals surface area contributed by atoms with E-state index in [1.165, 1.54) is 0 Å². The van der Waals surface area contributed by atoms with E-state index >= 15 is 0 Å². The van der Waals surface area contributed by atoms with E-state index in [4.69, 9.17) is 14.2 Å². The Morgan fingerprint density at radius 2 is 2.07 bits per heavy atom. The summed E-state index contributed by atoms with van der Waals surface area (Å²) in [4.78, 5) is 28.8. The van der Waals surface area contributed by atoms with Gasteiger partial charge < -0.3 is 24.0 Å². The van der Waals surface area contributed by atoms with Crippen LogP contribution in [0.15, 0.2) is 18.2 Å². The molecule has 3 heterocycles. The lowest BCUT2D eigenvalue weighted by Gasteiger charge is -2.38. The summed E-state index contributed by atoms with van der Waals surface area (Å²) in [5.74, 6) is 2.19. The van der Waals surface area contributed by atoms with Crippen LogP contribution in [0.3, 0.4) is 0 Å². The first-order chi connectivity index (χ1) is 13.6. The molecule has 2 atom stereocenters. The first kappa shape index (κ1) is 18.9. The number of hydrogen-bond acceptors (Lipinski definition) is 5. The Kier molecular flexibility index (Phi) is 5.59. The summed E-state index contributed by atoms with van der Waals surface area (Å²) in [6.45, 7) is 4.35. The third-order valence-electron chi connectivity index (χ3n) is 5.82. The van der Waals surface area contributed by atoms with Gasteiger partial charge in [0, 0.05) is 38.2 Å². The van der Waals surface area contributed by atoms with Crippen molar-refractivity contribution in [2.75, 3.05) is 26.4 Å². The molecule has 0 radical (unpaired) electrons. The monoisotopic (exact) mass is 388 g/mol. The van der Waals surface area contributed by atoms with Crippen molar-refractivity contribution in [2.45, 2.75) is 57.6 Å². The first-order valence-corrected chi connectivity index (χ1v) is 10.3. The van der Waals surface area contributed by atoms with Crippen LogP contribution in [0.4, 0.5) is 0 Å². The number of ether oxygens (including phenoxy) is 3. The van der Waals surface area contributed by atoms with Crippen molar-refractivity contribution in [1.82, 2.24) is 9.80 Å². The largest absolute Gasteiger partial charge is 0.481 e. The predicted molar refractivity (Wildman–Crippen MR) is 102 cm³/mol. The maximum Gasteiger partial charge on any atom is 0.263 e. The molecule has 1 aromatic rings. The Labute approximate surface area is 165 Å². The quantitative estimate of drug-likeness (QED) is 0.749. The van der Waals surface area contributed by atoms with Gasteiger partial charge in [-0.25, -0.2) is 0 Å². The topological polar surface area (TPSA) is 68.3 Å². The van der Waals surface area contributed by atoms with Gasteiger partial charge in [-0.1, -0.05) is 0 Å². The summed E-state index contributed by atoms with van der Waals surface area (Å²) < 4.78 is 16.6. The number of piperidine rings is 1. The fourth-order valence-corrected chi connectivity index (χ4v) is 4.27. The maximum absolute atomic E-state index is 13.1. The summed E-state index contributed by atoms with van der Waals surface area (Å²) >= 11 is 0. The smallest absolute Gasteiger partial charge is 0.263 e. The van der Waals surface area contributed by atoms with E-state index in [0.29, 0.717) is 23.7 Å². The van der Waals surface area contributed by atoms with Crippen molar-refractivity contribution in [3.63, 3.8) is 0 Å². The lowest BCUT2D eigenvalue weighted by atomic mass is 9.98. The second-order valence-corrected chi connectivity index (χ2v) is 7.73. The van der Waals surface area contributed by atoms with E-state index in [-0.39, 0.29) is 24.6 Å². The van der Waals surface area contributed by atoms with Crippen LogP contribution in [-0.2, 0) is 9.59 Å². The Morgan fingerprint density at radius 1 is 1.21 bits per heavy atom. The summed E-state index contributed by atoms with van der Waals surface area (Å²) in [5, 5.41) is 0. The molecule has 3 aliphatic rings. The molecule has 0 bridgehead atoms. The van der Waals surface area contributed by atoms with Crippen LogP contribution in [0.25, 0.3) is 0 Å². The molecule has 7 nitrogen and oxygen atoms in total. The van der Waals surface area contributed by atoms with Crippen LogP contribution >= 0.6 is 0 Å². The van der Waals surface area contributed by atoms with Gasteiger partial charge in [0.2, 0.25) is 12.7 Å². The number of nitrogens with zero attached hydrogens (tertiary/aromatic N) is 2. The summed E-state index contributed by atoms with van der Waals surface area (Å²) in [5.41, 5.74) is 0. The lowest BCUT2D eigenvalue weighted by Crippen LogP contribution is -2.49. The first-order valence-electron chi connectivity index (χ1n) is 10.3. The Balaban J connectivity index is 1.36. The molecule has 28 heavy (non-hydrogen) atoms. The summed E-state index contributed by atoms with van der Waals surface area (Å²) in [7, 11) is 0. The summed E-state index contributed by atoms with van der Waals surface area (Å²) in [6, 6.07) is 5.53. The van der Waals surface area contributed by atoms with Gasteiger partial charge in [-0.2, -0.15) is 0 Å². The van der Waals surface area contributed by atoms with Gasteiger partial charge in [0.15, 0.2) is 17.6 Å². The van der Waals surface area contributed by atoms with Gasteiger partial charge in [-0.05, 0) is 51.2 Å². The summed E-state index contributed by atoms with van der Waals surface area (Å²) in [6.07, 6.45) is 5.01. The molecule has 3 aliphatic heterocycles. The zero-order valence-corrected chi connectivity index (χ0v) is 16.4. The molecule has 1 aromatic carbocycles. The number of carbonyl (C=O) groups is 2. The molecule has 2 unspecified atom stereocenters. The van der Waals surface area contributed by atoms with Gasteiger partial charge >= 0.3 is 0 Å². The molecule has 0 aromatic heterocycles. The van der Waals surface area contributed by atoms with Crippen molar-refractivity contribution in [1.29, 1.82) is 0 Å². The number of hydrogen-bond donors (Lipinski definition) is 0. The number of benzene rings is 1. The number of carbonyl (C=O) groups excluding carboxylic acids is 2. The molecule has 2 fully saturated rings. The van der Waals surface area contributed by atoms with Crippen molar-refractivity contribution < 1.29 is 23.8 Å². The number of fused-ring (bicyclic) bond motifs is 1. The van der Waals surface area contributed by atoms with E-state index in [9.17, 15) is 9.59 Å². The van der Waals surface area contributed by atoms with Gasteiger partial charge in [-0.3, -0.25) is 9.59 Å². The minimum Gasteiger partial charge on any atom is -0.481 e. The third-order valence-corrected chi connectivity index (χ3v) is 5.82. The van der Waals surface area contributed by atoms with Crippen LogP contribution in [0.1, 0.15) is 45.4 Å². The maximum atomic E-state index is 13.1. The Morgan fingerprint density at radius 3 is 2.89 bits per heavy atom. The molecule has 152 valence electrons. The number of likely N-dealkylation sites (tertiary alicyclic amines) is 2. The average Bonchev–Trinajstić information content (AvgIpc) is 3.34. The van der Waals surface area contributed by atoms with E-state index in [0.717, 1.165) is 51.7 Å². The fraction of sp³-hybridized carbons (Fsp3) is 0.619. The molecule has 0 aliphatic carbocycles. The molecule has 0 saturated carbocycles. The normalized spacial score (nSPS) is 22.5. The second kappa shape index (κ2) is 8.29. The molecule has 7 heteroatoms. The van der Waals surface area contributed by atoms with Gasteiger partial charge in [0.1, 0.15) is 5.75 Å². The van der Waals surface area contributed by atoms with Crippen molar-refractivity contribution in [3.05, 3.63) is 18.2 Å². The van der Waals surface area contributed by atoms with Crippen molar-refractivity contribution in [3.8, 4) is 17.2 Å². The highest BCUT2D eigenvalue weighted by Crippen LogP contribution is 2.35. The highest BCUT2D eigenvalue weighted by Gasteiger charge is 2.32. The van der Waals surface area contributed by atoms with E-state index in [1.54, 1.807) is 25.1 Å². The minimum atomic E-state index is -0.575. The van der Waals surface area contributed by atoms with Crippen molar-refractivity contribution in [2.24, 2.45) is 0 Å². The number of amides is 2. The second-order valence-electron chi connectivity index (χ2n) is 7.73. The van der Waals surface area contributed by atoms with Gasteiger partial charge in [-0.15, -0.1) is 0 Å². The molecule has 2 saturated heterocycles. The average molecular weight is 388 g/mol. The fourth-order valence-electron chi connectivity index (χ4n) is 4.27. The van der Waals surface area contributed by atoms with Crippen molar-refractivity contribution >= 4 is 11.8 Å². The molecule has 0 N–H and O–H groups in total. The molecule has 2 amide bonds. The van der Waals surface area contributed by atoms with E-state index in [1.807, 2.05) is 9.80 Å². The lowest BCUT2D eigenvalue weighted by molar-refractivity contribution is -0.142. The van der Waals surface area contributed by atoms with Crippen LogP contribution in [-0.4, -0.2) is 60.2 Å². The molecular formula is C21H28N2O5. The van der Waals surface area contributed by atoms with Crippen LogP contribution in [0.5, 0.6) is 17.2 Å². The molecule has 0 spiro atoms. The predicted octanol–water partition coefficient (Wildman–Crippen LogP) is 2.58.